The van der Waals surface area contributed by atoms with Gasteiger partial charge < -0.3 is 8.98 Å². The summed E-state index contributed by atoms with van der Waals surface area (Å²) in [5.74, 6) is 0.990. The molecule has 32 heavy (non-hydrogen) atoms. The summed E-state index contributed by atoms with van der Waals surface area (Å²) in [5, 5.41) is 9.51. The van der Waals surface area contributed by atoms with E-state index in [4.69, 9.17) is 14.4 Å². The third kappa shape index (κ3) is 3.22. The van der Waals surface area contributed by atoms with E-state index in [1.54, 1.807) is 0 Å². The monoisotopic (exact) mass is 417 g/mol. The van der Waals surface area contributed by atoms with Crippen LogP contribution in [0.4, 0.5) is 0 Å². The summed E-state index contributed by atoms with van der Waals surface area (Å²) in [4.78, 5) is 9.84. The van der Waals surface area contributed by atoms with Gasteiger partial charge in [0.2, 0.25) is 11.8 Å². The molecule has 0 saturated carbocycles. The molecule has 0 radical (unpaired) electrons. The van der Waals surface area contributed by atoms with Crippen LogP contribution >= 0.6 is 0 Å². The molecule has 0 unspecified atom stereocenters. The minimum atomic E-state index is 0.419. The van der Waals surface area contributed by atoms with Crippen molar-refractivity contribution >= 4 is 45.3 Å². The van der Waals surface area contributed by atoms with Crippen LogP contribution in [0, 0.1) is 6.92 Å². The maximum Gasteiger partial charge on any atom is 0.240 e. The summed E-state index contributed by atoms with van der Waals surface area (Å²) in [7, 11) is 0. The maximum absolute atomic E-state index is 5.91. The highest BCUT2D eigenvalue weighted by molar-refractivity contribution is 6.06. The lowest BCUT2D eigenvalue weighted by Crippen LogP contribution is -2.01. The van der Waals surface area contributed by atoms with Crippen molar-refractivity contribution in [3.8, 4) is 0 Å². The van der Waals surface area contributed by atoms with Crippen molar-refractivity contribution in [2.45, 2.75) is 13.5 Å². The second kappa shape index (κ2) is 7.42. The molecule has 3 aromatic carbocycles. The zero-order chi connectivity index (χ0) is 21.5. The molecular formula is C26H19N5O. The van der Waals surface area contributed by atoms with Crippen molar-refractivity contribution in [1.29, 1.82) is 0 Å². The molecule has 0 aliphatic heterocycles. The summed E-state index contributed by atoms with van der Waals surface area (Å²) >= 11 is 0. The fourth-order valence-corrected chi connectivity index (χ4v) is 3.97. The summed E-state index contributed by atoms with van der Waals surface area (Å²) in [6.45, 7) is 2.50. The smallest absolute Gasteiger partial charge is 0.240 e. The summed E-state index contributed by atoms with van der Waals surface area (Å²) < 4.78 is 8.01. The largest absolute Gasteiger partial charge is 0.419 e. The van der Waals surface area contributed by atoms with Gasteiger partial charge in [-0.05, 0) is 42.8 Å². The van der Waals surface area contributed by atoms with E-state index in [0.29, 0.717) is 18.3 Å². The third-order valence-electron chi connectivity index (χ3n) is 5.50. The Bertz CT molecular complexity index is 1610. The van der Waals surface area contributed by atoms with E-state index >= 15 is 0 Å². The molecule has 0 atom stereocenters. The molecule has 154 valence electrons. The first-order chi connectivity index (χ1) is 15.7. The number of aromatic nitrogens is 5. The van der Waals surface area contributed by atoms with Gasteiger partial charge in [-0.15, -0.1) is 10.2 Å². The van der Waals surface area contributed by atoms with Crippen LogP contribution in [-0.2, 0) is 6.54 Å². The van der Waals surface area contributed by atoms with E-state index in [-0.39, 0.29) is 0 Å². The highest BCUT2D eigenvalue weighted by Gasteiger charge is 2.17. The molecule has 0 N–H and O–H groups in total. The molecule has 6 rings (SSSR count). The minimum absolute atomic E-state index is 0.419. The number of benzene rings is 3. The van der Waals surface area contributed by atoms with Crippen LogP contribution in [0.2, 0.25) is 0 Å². The number of fused-ring (bicyclic) bond motifs is 4. The fraction of sp³-hybridized carbons (Fsp3) is 0.0769. The summed E-state index contributed by atoms with van der Waals surface area (Å²) in [5.41, 5.74) is 6.73. The van der Waals surface area contributed by atoms with Gasteiger partial charge >= 0.3 is 0 Å². The first-order valence-corrected chi connectivity index (χ1v) is 10.5. The van der Waals surface area contributed by atoms with Crippen LogP contribution in [-0.4, -0.2) is 24.7 Å². The van der Waals surface area contributed by atoms with Crippen LogP contribution in [0.15, 0.2) is 77.2 Å². The summed E-state index contributed by atoms with van der Waals surface area (Å²) in [6.07, 6.45) is 3.78. The molecule has 0 saturated heterocycles. The lowest BCUT2D eigenvalue weighted by Gasteiger charge is -2.04. The molecule has 0 aliphatic carbocycles. The van der Waals surface area contributed by atoms with E-state index in [9.17, 15) is 0 Å². The van der Waals surface area contributed by atoms with Crippen LogP contribution in [0.1, 0.15) is 22.9 Å². The average molecular weight is 417 g/mol. The predicted molar refractivity (Wildman–Crippen MR) is 126 cm³/mol. The molecule has 0 bridgehead atoms. The van der Waals surface area contributed by atoms with Crippen molar-refractivity contribution < 1.29 is 4.42 Å². The van der Waals surface area contributed by atoms with Gasteiger partial charge in [-0.2, -0.15) is 0 Å². The SMILES string of the molecule is Cc1ccc2c(c1)c1nc3ccccc3nc1n2Cc1nnc(C=Cc2ccccc2)o1. The Hall–Kier alpha value is -4.32. The molecule has 6 aromatic rings. The number of para-hydroxylation sites is 2. The molecule has 6 nitrogen and oxygen atoms in total. The highest BCUT2D eigenvalue weighted by atomic mass is 16.4. The Morgan fingerprint density at radius 1 is 0.844 bits per heavy atom. The van der Waals surface area contributed by atoms with Crippen LogP contribution < -0.4 is 0 Å². The van der Waals surface area contributed by atoms with Crippen molar-refractivity contribution in [3.05, 3.63) is 95.7 Å². The van der Waals surface area contributed by atoms with Gasteiger partial charge in [0.15, 0.2) is 5.65 Å². The fourth-order valence-electron chi connectivity index (χ4n) is 3.97. The van der Waals surface area contributed by atoms with Gasteiger partial charge in [-0.3, -0.25) is 0 Å². The lowest BCUT2D eigenvalue weighted by atomic mass is 10.1. The zero-order valence-electron chi connectivity index (χ0n) is 17.4. The van der Waals surface area contributed by atoms with Gasteiger partial charge in [0.25, 0.3) is 0 Å². The van der Waals surface area contributed by atoms with Gasteiger partial charge in [0.1, 0.15) is 12.1 Å². The second-order valence-corrected chi connectivity index (χ2v) is 7.77. The third-order valence-corrected chi connectivity index (χ3v) is 5.50. The number of nitrogens with zero attached hydrogens (tertiary/aromatic N) is 5. The van der Waals surface area contributed by atoms with Crippen LogP contribution in [0.3, 0.4) is 0 Å². The zero-order valence-corrected chi connectivity index (χ0v) is 17.4. The van der Waals surface area contributed by atoms with Gasteiger partial charge in [0, 0.05) is 11.5 Å². The van der Waals surface area contributed by atoms with Gasteiger partial charge in [0.05, 0.1) is 16.6 Å². The Labute approximate surface area is 183 Å². The number of hydrogen-bond donors (Lipinski definition) is 0. The molecule has 3 aromatic heterocycles. The molecular weight excluding hydrogens is 398 g/mol. The second-order valence-electron chi connectivity index (χ2n) is 7.77. The Balaban J connectivity index is 1.44. The maximum atomic E-state index is 5.91. The average Bonchev–Trinajstić information content (AvgIpc) is 3.39. The van der Waals surface area contributed by atoms with Crippen molar-refractivity contribution in [1.82, 2.24) is 24.7 Å². The Morgan fingerprint density at radius 3 is 2.47 bits per heavy atom. The number of hydrogen-bond acceptors (Lipinski definition) is 5. The Morgan fingerprint density at radius 2 is 1.62 bits per heavy atom. The Kier molecular flexibility index (Phi) is 4.28. The lowest BCUT2D eigenvalue weighted by molar-refractivity contribution is 0.475. The quantitative estimate of drug-likeness (QED) is 0.371. The topological polar surface area (TPSA) is 69.6 Å². The normalized spacial score (nSPS) is 11.9. The highest BCUT2D eigenvalue weighted by Crippen LogP contribution is 2.29. The van der Waals surface area contributed by atoms with Gasteiger partial charge in [-0.25, -0.2) is 9.97 Å². The molecule has 0 fully saturated rings. The van der Waals surface area contributed by atoms with E-state index in [1.807, 2.05) is 66.7 Å². The molecule has 0 amide bonds. The number of rotatable bonds is 4. The van der Waals surface area contributed by atoms with Crippen molar-refractivity contribution in [2.24, 2.45) is 0 Å². The van der Waals surface area contributed by atoms with Gasteiger partial charge in [-0.1, -0.05) is 54.1 Å². The molecule has 0 aliphatic rings. The van der Waals surface area contributed by atoms with Crippen molar-refractivity contribution in [2.75, 3.05) is 0 Å². The van der Waals surface area contributed by atoms with E-state index in [0.717, 1.165) is 38.7 Å². The molecule has 3 heterocycles. The first-order valence-electron chi connectivity index (χ1n) is 10.5. The van der Waals surface area contributed by atoms with Crippen LogP contribution in [0.5, 0.6) is 0 Å². The number of aryl methyl sites for hydroxylation is 1. The van der Waals surface area contributed by atoms with Crippen LogP contribution in [0.25, 0.3) is 45.3 Å². The van der Waals surface area contributed by atoms with E-state index in [1.165, 1.54) is 5.56 Å². The molecule has 0 spiro atoms. The minimum Gasteiger partial charge on any atom is -0.419 e. The van der Waals surface area contributed by atoms with E-state index < -0.39 is 0 Å². The first kappa shape index (κ1) is 18.4. The van der Waals surface area contributed by atoms with E-state index in [2.05, 4.69) is 39.9 Å². The summed E-state index contributed by atoms with van der Waals surface area (Å²) in [6, 6.07) is 24.3. The standard InChI is InChI=1S/C26H19N5O/c1-17-11-13-22-19(15-17)25-26(28-21-10-6-5-9-20(21)27-25)31(22)16-24-30-29-23(32-24)14-12-18-7-3-2-4-8-18/h2-15H,16H2,1H3. The van der Waals surface area contributed by atoms with Crippen molar-refractivity contribution in [3.63, 3.8) is 0 Å². The predicted octanol–water partition coefficient (Wildman–Crippen LogP) is 5.65. The molecule has 6 heteroatoms.